The molecular weight excluding hydrogens is 390 g/mol. The summed E-state index contributed by atoms with van der Waals surface area (Å²) in [5.74, 6) is 0.383. The first kappa shape index (κ1) is 21.0. The second-order valence-electron chi connectivity index (χ2n) is 5.53. The van der Waals surface area contributed by atoms with Crippen LogP contribution in [0.4, 0.5) is 5.69 Å². The van der Waals surface area contributed by atoms with Gasteiger partial charge in [0.25, 0.3) is 10.0 Å². The fraction of sp³-hybridized carbons (Fsp3) is 0.235. The van der Waals surface area contributed by atoms with E-state index in [1.807, 2.05) is 0 Å². The predicted octanol–water partition coefficient (Wildman–Crippen LogP) is 2.24. The Morgan fingerprint density at radius 3 is 2.25 bits per heavy atom. The van der Waals surface area contributed by atoms with Gasteiger partial charge in [-0.25, -0.2) is 0 Å². The quantitative estimate of drug-likeness (QED) is 0.402. The summed E-state index contributed by atoms with van der Waals surface area (Å²) in [7, 11) is -0.0200. The first-order chi connectivity index (χ1) is 13.2. The van der Waals surface area contributed by atoms with E-state index in [1.54, 1.807) is 13.0 Å². The average Bonchev–Trinajstić information content (AvgIpc) is 2.67. The van der Waals surface area contributed by atoms with E-state index in [4.69, 9.17) is 14.2 Å². The van der Waals surface area contributed by atoms with Crippen LogP contribution in [0.3, 0.4) is 0 Å². The maximum absolute atomic E-state index is 12.5. The lowest BCUT2D eigenvalue weighted by molar-refractivity contribution is -0.385. The van der Waals surface area contributed by atoms with E-state index >= 15 is 0 Å². The van der Waals surface area contributed by atoms with Gasteiger partial charge < -0.3 is 14.2 Å². The maximum atomic E-state index is 12.5. The van der Waals surface area contributed by atoms with E-state index in [1.165, 1.54) is 45.6 Å². The monoisotopic (exact) mass is 409 g/mol. The van der Waals surface area contributed by atoms with Crippen LogP contribution in [-0.2, 0) is 10.0 Å². The molecule has 0 saturated carbocycles. The SMILES string of the molecule is COc1cc(OC)c([N+](=O)[O-])cc1/C=N/NS(=O)(=O)c1cc(C)ccc1OC. The van der Waals surface area contributed by atoms with Crippen molar-refractivity contribution in [1.82, 2.24) is 4.83 Å². The largest absolute Gasteiger partial charge is 0.496 e. The second-order valence-corrected chi connectivity index (χ2v) is 7.16. The van der Waals surface area contributed by atoms with Crippen LogP contribution in [0.5, 0.6) is 17.2 Å². The number of rotatable bonds is 8. The van der Waals surface area contributed by atoms with E-state index in [9.17, 15) is 18.5 Å². The van der Waals surface area contributed by atoms with Crippen LogP contribution in [0.15, 0.2) is 40.3 Å². The molecule has 28 heavy (non-hydrogen) atoms. The van der Waals surface area contributed by atoms with Crippen molar-refractivity contribution >= 4 is 21.9 Å². The summed E-state index contributed by atoms with van der Waals surface area (Å²) in [6.45, 7) is 1.74. The Balaban J connectivity index is 2.37. The van der Waals surface area contributed by atoms with Gasteiger partial charge in [-0.05, 0) is 24.6 Å². The first-order valence-electron chi connectivity index (χ1n) is 7.83. The second kappa shape index (κ2) is 8.57. The van der Waals surface area contributed by atoms with Gasteiger partial charge in [0.05, 0.1) is 32.5 Å². The number of hydrazone groups is 1. The van der Waals surface area contributed by atoms with Gasteiger partial charge in [-0.15, -0.1) is 0 Å². The maximum Gasteiger partial charge on any atom is 0.311 e. The number of benzene rings is 2. The van der Waals surface area contributed by atoms with E-state index in [-0.39, 0.29) is 33.4 Å². The molecule has 0 aliphatic heterocycles. The van der Waals surface area contributed by atoms with Crippen LogP contribution in [0.25, 0.3) is 0 Å². The minimum Gasteiger partial charge on any atom is -0.496 e. The highest BCUT2D eigenvalue weighted by atomic mass is 32.2. The number of hydrogen-bond donors (Lipinski definition) is 1. The highest BCUT2D eigenvalue weighted by Crippen LogP contribution is 2.33. The van der Waals surface area contributed by atoms with Gasteiger partial charge in [-0.1, -0.05) is 6.07 Å². The molecule has 0 aromatic heterocycles. The minimum absolute atomic E-state index is 0.00378. The number of nitro groups is 1. The topological polar surface area (TPSA) is 129 Å². The van der Waals surface area contributed by atoms with E-state index in [2.05, 4.69) is 9.93 Å². The summed E-state index contributed by atoms with van der Waals surface area (Å²) >= 11 is 0. The number of aryl methyl sites for hydroxylation is 1. The zero-order valence-corrected chi connectivity index (χ0v) is 16.4. The zero-order chi connectivity index (χ0) is 20.9. The van der Waals surface area contributed by atoms with E-state index < -0.39 is 14.9 Å². The molecule has 11 heteroatoms. The molecule has 10 nitrogen and oxygen atoms in total. The van der Waals surface area contributed by atoms with Crippen LogP contribution >= 0.6 is 0 Å². The highest BCUT2D eigenvalue weighted by molar-refractivity contribution is 7.89. The van der Waals surface area contributed by atoms with Gasteiger partial charge in [0.15, 0.2) is 0 Å². The molecule has 0 saturated heterocycles. The van der Waals surface area contributed by atoms with Gasteiger partial charge in [-0.2, -0.15) is 18.4 Å². The third-order valence-corrected chi connectivity index (χ3v) is 4.96. The summed E-state index contributed by atoms with van der Waals surface area (Å²) in [5.41, 5.74) is 0.597. The van der Waals surface area contributed by atoms with Crippen LogP contribution in [0, 0.1) is 17.0 Å². The number of nitrogens with zero attached hydrogens (tertiary/aromatic N) is 2. The van der Waals surface area contributed by atoms with Crippen LogP contribution in [0.2, 0.25) is 0 Å². The lowest BCUT2D eigenvalue weighted by Gasteiger charge is -2.10. The average molecular weight is 409 g/mol. The van der Waals surface area contributed by atoms with E-state index in [0.717, 1.165) is 11.8 Å². The Morgan fingerprint density at radius 2 is 1.68 bits per heavy atom. The molecule has 2 aromatic rings. The summed E-state index contributed by atoms with van der Waals surface area (Å²) < 4.78 is 40.2. The van der Waals surface area contributed by atoms with Crippen molar-refractivity contribution in [3.8, 4) is 17.2 Å². The number of ether oxygens (including phenoxy) is 3. The van der Waals surface area contributed by atoms with Crippen molar-refractivity contribution in [3.05, 3.63) is 51.6 Å². The Morgan fingerprint density at radius 1 is 1.04 bits per heavy atom. The van der Waals surface area contributed by atoms with Crippen molar-refractivity contribution < 1.29 is 27.6 Å². The molecule has 0 heterocycles. The van der Waals surface area contributed by atoms with Crippen molar-refractivity contribution in [3.63, 3.8) is 0 Å². The van der Waals surface area contributed by atoms with Crippen LogP contribution in [0.1, 0.15) is 11.1 Å². The number of sulfonamides is 1. The third kappa shape index (κ3) is 4.49. The van der Waals surface area contributed by atoms with Gasteiger partial charge in [0.2, 0.25) is 5.75 Å². The van der Waals surface area contributed by atoms with Gasteiger partial charge in [-0.3, -0.25) is 10.1 Å². The molecule has 0 unspecified atom stereocenters. The molecule has 0 fully saturated rings. The Kier molecular flexibility index (Phi) is 6.41. The molecule has 150 valence electrons. The highest BCUT2D eigenvalue weighted by Gasteiger charge is 2.21. The summed E-state index contributed by atoms with van der Waals surface area (Å²) in [5, 5.41) is 14.9. The standard InChI is InChI=1S/C17H19N3O7S/c1-11-5-6-14(25-2)17(7-11)28(23,24)19-18-10-12-8-13(20(21)22)16(27-4)9-15(12)26-3/h5-10,19H,1-4H3/b18-10+. The van der Waals surface area contributed by atoms with Crippen molar-refractivity contribution in [2.75, 3.05) is 21.3 Å². The lowest BCUT2D eigenvalue weighted by Crippen LogP contribution is -2.19. The predicted molar refractivity (Wildman–Crippen MR) is 102 cm³/mol. The Bertz CT molecular complexity index is 1020. The molecule has 2 aromatic carbocycles. The molecule has 0 aliphatic rings. The molecule has 0 bridgehead atoms. The Hall–Kier alpha value is -3.34. The summed E-state index contributed by atoms with van der Waals surface area (Å²) in [6.07, 6.45) is 1.10. The fourth-order valence-electron chi connectivity index (χ4n) is 2.36. The third-order valence-electron chi connectivity index (χ3n) is 3.71. The summed E-state index contributed by atoms with van der Waals surface area (Å²) in [4.78, 5) is 12.5. The molecule has 0 spiro atoms. The fourth-order valence-corrected chi connectivity index (χ4v) is 3.41. The Labute approximate surface area is 161 Å². The van der Waals surface area contributed by atoms with Gasteiger partial charge in [0, 0.05) is 17.7 Å². The van der Waals surface area contributed by atoms with Crippen LogP contribution < -0.4 is 19.0 Å². The number of nitrogens with one attached hydrogen (secondary N) is 1. The minimum atomic E-state index is -4.03. The number of hydrogen-bond acceptors (Lipinski definition) is 8. The zero-order valence-electron chi connectivity index (χ0n) is 15.6. The van der Waals surface area contributed by atoms with Crippen molar-refractivity contribution in [1.29, 1.82) is 0 Å². The number of methoxy groups -OCH3 is 3. The first-order valence-corrected chi connectivity index (χ1v) is 9.31. The molecule has 0 atom stereocenters. The molecule has 2 rings (SSSR count). The molecule has 0 radical (unpaired) electrons. The summed E-state index contributed by atoms with van der Waals surface area (Å²) in [6, 6.07) is 7.17. The molecule has 0 aliphatic carbocycles. The van der Waals surface area contributed by atoms with Crippen molar-refractivity contribution in [2.24, 2.45) is 5.10 Å². The van der Waals surface area contributed by atoms with E-state index in [0.29, 0.717) is 0 Å². The van der Waals surface area contributed by atoms with Crippen LogP contribution in [-0.4, -0.2) is 40.9 Å². The van der Waals surface area contributed by atoms with Gasteiger partial charge >= 0.3 is 5.69 Å². The number of nitro benzene ring substituents is 1. The normalized spacial score (nSPS) is 11.3. The van der Waals surface area contributed by atoms with Gasteiger partial charge in [0.1, 0.15) is 16.4 Å². The molecule has 0 amide bonds. The molecule has 1 N–H and O–H groups in total. The lowest BCUT2D eigenvalue weighted by atomic mass is 10.1. The smallest absolute Gasteiger partial charge is 0.311 e. The molecular formula is C17H19N3O7S. The van der Waals surface area contributed by atoms with Crippen molar-refractivity contribution in [2.45, 2.75) is 11.8 Å².